The van der Waals surface area contributed by atoms with Crippen LogP contribution >= 0.6 is 11.6 Å². The van der Waals surface area contributed by atoms with Gasteiger partial charge in [0.25, 0.3) is 0 Å². The molecule has 6 heteroatoms. The first-order chi connectivity index (χ1) is 16.3. The summed E-state index contributed by atoms with van der Waals surface area (Å²) in [7, 11) is 0. The van der Waals surface area contributed by atoms with Crippen LogP contribution in [0.1, 0.15) is 31.1 Å². The van der Waals surface area contributed by atoms with Gasteiger partial charge in [-0.05, 0) is 53.3 Å². The number of hydrogen-bond acceptors (Lipinski definition) is 4. The quantitative estimate of drug-likeness (QED) is 0.337. The van der Waals surface area contributed by atoms with Gasteiger partial charge in [-0.3, -0.25) is 4.79 Å². The number of hydrogen-bond donors (Lipinski definition) is 0. The molecule has 3 atom stereocenters. The van der Waals surface area contributed by atoms with E-state index < -0.39 is 18.0 Å². The second kappa shape index (κ2) is 9.70. The summed E-state index contributed by atoms with van der Waals surface area (Å²) in [6.07, 6.45) is 0.733. The molecule has 1 saturated carbocycles. The van der Waals surface area contributed by atoms with Crippen LogP contribution in [-0.2, 0) is 9.53 Å². The van der Waals surface area contributed by atoms with Crippen LogP contribution in [0.2, 0.25) is 0 Å². The number of nitriles is 1. The minimum absolute atomic E-state index is 0.162. The van der Waals surface area contributed by atoms with Crippen LogP contribution < -0.4 is 4.74 Å². The lowest BCUT2D eigenvalue weighted by Crippen LogP contribution is -2.14. The number of halogens is 2. The Bertz CT molecular complexity index is 1250. The Balaban J connectivity index is 1.46. The van der Waals surface area contributed by atoms with Crippen molar-refractivity contribution in [3.05, 3.63) is 102 Å². The summed E-state index contributed by atoms with van der Waals surface area (Å²) < 4.78 is 24.6. The van der Waals surface area contributed by atoms with Crippen molar-refractivity contribution in [2.45, 2.75) is 20.0 Å². The molecule has 1 fully saturated rings. The fraction of sp³-hybridized carbons (Fsp3) is 0.214. The van der Waals surface area contributed by atoms with Gasteiger partial charge in [0.1, 0.15) is 23.4 Å². The number of nitrogens with zero attached hydrogens (tertiary/aromatic N) is 1. The molecule has 3 aromatic carbocycles. The zero-order valence-electron chi connectivity index (χ0n) is 18.7. The van der Waals surface area contributed by atoms with Gasteiger partial charge in [0.15, 0.2) is 0 Å². The van der Waals surface area contributed by atoms with Crippen molar-refractivity contribution in [2.75, 3.05) is 0 Å². The molecule has 4 nitrogen and oxygen atoms in total. The number of ether oxygens (including phenoxy) is 2. The average Bonchev–Trinajstić information content (AvgIpc) is 3.38. The molecular formula is C28H23ClFNO3. The number of para-hydroxylation sites is 1. The minimum atomic E-state index is -1.07. The number of rotatable bonds is 7. The van der Waals surface area contributed by atoms with Gasteiger partial charge < -0.3 is 9.47 Å². The molecule has 0 N–H and O–H groups in total. The molecule has 0 amide bonds. The van der Waals surface area contributed by atoms with E-state index in [9.17, 15) is 14.4 Å². The summed E-state index contributed by atoms with van der Waals surface area (Å²) in [6.45, 7) is 3.90. The molecule has 3 unspecified atom stereocenters. The van der Waals surface area contributed by atoms with Crippen LogP contribution in [0, 0.1) is 34.4 Å². The average molecular weight is 476 g/mol. The Hall–Kier alpha value is -3.62. The predicted octanol–water partition coefficient (Wildman–Crippen LogP) is 7.28. The highest BCUT2D eigenvalue weighted by Gasteiger charge is 2.62. The number of carbonyl (C=O) groups excluding carboxylic acids is 1. The van der Waals surface area contributed by atoms with E-state index in [0.29, 0.717) is 27.7 Å². The Morgan fingerprint density at radius 3 is 2.41 bits per heavy atom. The van der Waals surface area contributed by atoms with Gasteiger partial charge in [0.2, 0.25) is 6.10 Å². The van der Waals surface area contributed by atoms with E-state index in [1.54, 1.807) is 42.5 Å². The van der Waals surface area contributed by atoms with Crippen LogP contribution in [-0.4, -0.2) is 5.97 Å². The van der Waals surface area contributed by atoms with Crippen molar-refractivity contribution >= 4 is 22.6 Å². The zero-order chi connectivity index (χ0) is 24.3. The molecular weight excluding hydrogens is 453 g/mol. The summed E-state index contributed by atoms with van der Waals surface area (Å²) >= 11 is 6.42. The SMILES string of the molecule is CC1(C)C(C=C(Cl)c2ccc(F)cc2)C1C(=O)OC(C#N)c1cccc(Oc2ccccc2)c1. The second-order valence-electron chi connectivity index (χ2n) is 8.78. The first-order valence-corrected chi connectivity index (χ1v) is 11.2. The van der Waals surface area contributed by atoms with Crippen LogP contribution in [0.3, 0.4) is 0 Å². The van der Waals surface area contributed by atoms with Gasteiger partial charge >= 0.3 is 5.97 Å². The lowest BCUT2D eigenvalue weighted by molar-refractivity contribution is -0.149. The molecule has 1 aliphatic carbocycles. The monoisotopic (exact) mass is 475 g/mol. The fourth-order valence-electron chi connectivity index (χ4n) is 4.03. The van der Waals surface area contributed by atoms with Crippen molar-refractivity contribution in [1.29, 1.82) is 5.26 Å². The van der Waals surface area contributed by atoms with E-state index >= 15 is 0 Å². The van der Waals surface area contributed by atoms with E-state index in [1.807, 2.05) is 44.2 Å². The third-order valence-corrected chi connectivity index (χ3v) is 6.45. The summed E-state index contributed by atoms with van der Waals surface area (Å²) in [5.74, 6) is -0.208. The number of benzene rings is 3. The Morgan fingerprint density at radius 2 is 1.74 bits per heavy atom. The highest BCUT2D eigenvalue weighted by molar-refractivity contribution is 6.48. The van der Waals surface area contributed by atoms with Crippen molar-refractivity contribution < 1.29 is 18.7 Å². The second-order valence-corrected chi connectivity index (χ2v) is 9.19. The largest absolute Gasteiger partial charge is 0.457 e. The van der Waals surface area contributed by atoms with Gasteiger partial charge in [-0.1, -0.05) is 74.0 Å². The van der Waals surface area contributed by atoms with E-state index in [-0.39, 0.29) is 17.2 Å². The lowest BCUT2D eigenvalue weighted by Gasteiger charge is -2.13. The molecule has 4 rings (SSSR count). The third kappa shape index (κ3) is 5.13. The Morgan fingerprint density at radius 1 is 1.06 bits per heavy atom. The van der Waals surface area contributed by atoms with Crippen molar-refractivity contribution in [1.82, 2.24) is 0 Å². The molecule has 0 saturated heterocycles. The number of esters is 1. The van der Waals surface area contributed by atoms with Gasteiger partial charge in [-0.25, -0.2) is 4.39 Å². The Kier molecular flexibility index (Phi) is 6.72. The normalized spacial score (nSPS) is 19.6. The van der Waals surface area contributed by atoms with Gasteiger partial charge in [-0.2, -0.15) is 5.26 Å². The molecule has 0 heterocycles. The molecule has 3 aromatic rings. The zero-order valence-corrected chi connectivity index (χ0v) is 19.5. The Labute approximate surface area is 203 Å². The molecule has 1 aliphatic rings. The highest BCUT2D eigenvalue weighted by Crippen LogP contribution is 2.60. The molecule has 0 aromatic heterocycles. The number of carbonyl (C=O) groups is 1. The maximum atomic E-state index is 13.2. The van der Waals surface area contributed by atoms with Crippen LogP contribution in [0.5, 0.6) is 11.5 Å². The third-order valence-electron chi connectivity index (χ3n) is 6.10. The van der Waals surface area contributed by atoms with E-state index in [2.05, 4.69) is 6.07 Å². The maximum Gasteiger partial charge on any atom is 0.311 e. The van der Waals surface area contributed by atoms with Gasteiger partial charge in [-0.15, -0.1) is 0 Å². The standard InChI is InChI=1S/C28H23ClFNO3/c1-28(2)23(16-24(29)18-11-13-20(30)14-12-18)26(28)27(32)34-25(17-31)19-7-6-10-22(15-19)33-21-8-4-3-5-9-21/h3-16,23,25-26H,1-2H3. The van der Waals surface area contributed by atoms with E-state index in [4.69, 9.17) is 21.1 Å². The smallest absolute Gasteiger partial charge is 0.311 e. The van der Waals surface area contributed by atoms with Crippen molar-refractivity contribution in [2.24, 2.45) is 17.3 Å². The molecule has 0 radical (unpaired) electrons. The van der Waals surface area contributed by atoms with Gasteiger partial charge in [0.05, 0.1) is 5.92 Å². The fourth-order valence-corrected chi connectivity index (χ4v) is 4.29. The van der Waals surface area contributed by atoms with Crippen LogP contribution in [0.25, 0.3) is 5.03 Å². The predicted molar refractivity (Wildman–Crippen MR) is 128 cm³/mol. The molecule has 0 aliphatic heterocycles. The number of allylic oxidation sites excluding steroid dienone is 1. The van der Waals surface area contributed by atoms with Crippen molar-refractivity contribution in [3.63, 3.8) is 0 Å². The van der Waals surface area contributed by atoms with Gasteiger partial charge in [0, 0.05) is 10.6 Å². The first-order valence-electron chi connectivity index (χ1n) is 10.9. The molecule has 34 heavy (non-hydrogen) atoms. The van der Waals surface area contributed by atoms with Crippen molar-refractivity contribution in [3.8, 4) is 17.6 Å². The topological polar surface area (TPSA) is 59.3 Å². The lowest BCUT2D eigenvalue weighted by atomic mass is 10.1. The summed E-state index contributed by atoms with van der Waals surface area (Å²) in [5, 5.41) is 10.1. The highest BCUT2D eigenvalue weighted by atomic mass is 35.5. The van der Waals surface area contributed by atoms with E-state index in [0.717, 1.165) is 0 Å². The molecule has 0 spiro atoms. The summed E-state index contributed by atoms with van der Waals surface area (Å²) in [4.78, 5) is 13.0. The summed E-state index contributed by atoms with van der Waals surface area (Å²) in [6, 6.07) is 24.1. The summed E-state index contributed by atoms with van der Waals surface area (Å²) in [5.41, 5.74) is 0.817. The minimum Gasteiger partial charge on any atom is -0.457 e. The first kappa shape index (κ1) is 23.5. The molecule has 172 valence electrons. The van der Waals surface area contributed by atoms with E-state index in [1.165, 1.54) is 12.1 Å². The van der Waals surface area contributed by atoms with Crippen LogP contribution in [0.4, 0.5) is 4.39 Å². The molecule has 0 bridgehead atoms. The maximum absolute atomic E-state index is 13.2. The van der Waals surface area contributed by atoms with Crippen LogP contribution in [0.15, 0.2) is 84.9 Å².